The highest BCUT2D eigenvalue weighted by Gasteiger charge is 2.03. The van der Waals surface area contributed by atoms with Crippen molar-refractivity contribution < 1.29 is 9.90 Å². The number of nitrogens with zero attached hydrogens (tertiary/aromatic N) is 3. The predicted molar refractivity (Wildman–Crippen MR) is 47.6 cm³/mol. The summed E-state index contributed by atoms with van der Waals surface area (Å²) in [7, 11) is 1.78. The summed E-state index contributed by atoms with van der Waals surface area (Å²) >= 11 is 0. The van der Waals surface area contributed by atoms with Crippen LogP contribution in [0.2, 0.25) is 0 Å². The molecule has 5 nitrogen and oxygen atoms in total. The molecule has 1 aromatic heterocycles. The number of aromatic nitrogens is 2. The molecule has 70 valence electrons. The van der Waals surface area contributed by atoms with E-state index < -0.39 is 5.97 Å². The molecule has 1 heterocycles. The van der Waals surface area contributed by atoms with Gasteiger partial charge in [0.25, 0.3) is 0 Å². The van der Waals surface area contributed by atoms with E-state index in [0.29, 0.717) is 12.4 Å². The molecule has 0 saturated heterocycles. The van der Waals surface area contributed by atoms with Gasteiger partial charge in [-0.2, -0.15) is 5.10 Å². The molecule has 13 heavy (non-hydrogen) atoms. The molecule has 0 aliphatic heterocycles. The lowest BCUT2D eigenvalue weighted by atomic mass is 10.4. The molecule has 0 amide bonds. The van der Waals surface area contributed by atoms with Crippen molar-refractivity contribution >= 4 is 11.8 Å². The molecule has 0 unspecified atom stereocenters. The predicted octanol–water partition coefficient (Wildman–Crippen LogP) is 0.387. The fourth-order valence-electron chi connectivity index (χ4n) is 0.875. The van der Waals surface area contributed by atoms with Gasteiger partial charge in [-0.25, -0.2) is 0 Å². The van der Waals surface area contributed by atoms with Gasteiger partial charge in [-0.1, -0.05) is 0 Å². The lowest BCUT2D eigenvalue weighted by Gasteiger charge is -2.15. The summed E-state index contributed by atoms with van der Waals surface area (Å²) in [6.45, 7) is 0.439. The van der Waals surface area contributed by atoms with E-state index in [2.05, 4.69) is 10.2 Å². The normalized spacial score (nSPS) is 9.62. The van der Waals surface area contributed by atoms with E-state index in [-0.39, 0.29) is 6.42 Å². The van der Waals surface area contributed by atoms with Crippen molar-refractivity contribution in [2.75, 3.05) is 18.5 Å². The van der Waals surface area contributed by atoms with Crippen LogP contribution in [-0.4, -0.2) is 34.9 Å². The molecule has 5 heteroatoms. The number of hydrogen-bond acceptors (Lipinski definition) is 4. The van der Waals surface area contributed by atoms with Crippen molar-refractivity contribution in [3.05, 3.63) is 18.3 Å². The Bertz CT molecular complexity index is 276. The first-order valence-corrected chi connectivity index (χ1v) is 3.91. The minimum atomic E-state index is -0.809. The number of hydrogen-bond donors (Lipinski definition) is 1. The van der Waals surface area contributed by atoms with E-state index in [1.54, 1.807) is 30.3 Å². The molecule has 0 aliphatic rings. The summed E-state index contributed by atoms with van der Waals surface area (Å²) in [5, 5.41) is 16.0. The Morgan fingerprint density at radius 1 is 1.69 bits per heavy atom. The SMILES string of the molecule is CN(CCC(=O)O)c1cccnn1. The van der Waals surface area contributed by atoms with Crippen LogP contribution in [0.25, 0.3) is 0 Å². The van der Waals surface area contributed by atoms with Gasteiger partial charge in [0.1, 0.15) is 0 Å². The van der Waals surface area contributed by atoms with Crippen molar-refractivity contribution in [1.82, 2.24) is 10.2 Å². The Labute approximate surface area is 76.0 Å². The summed E-state index contributed by atoms with van der Waals surface area (Å²) in [5.74, 6) is -0.125. The maximum Gasteiger partial charge on any atom is 0.305 e. The third-order valence-corrected chi connectivity index (χ3v) is 1.61. The lowest BCUT2D eigenvalue weighted by Crippen LogP contribution is -2.22. The summed E-state index contributed by atoms with van der Waals surface area (Å²) in [5.41, 5.74) is 0. The molecule has 0 spiro atoms. The average molecular weight is 181 g/mol. The van der Waals surface area contributed by atoms with Crippen molar-refractivity contribution in [1.29, 1.82) is 0 Å². The van der Waals surface area contributed by atoms with Gasteiger partial charge in [0, 0.05) is 19.8 Å². The Hall–Kier alpha value is -1.65. The number of rotatable bonds is 4. The number of aliphatic carboxylic acids is 1. The maximum absolute atomic E-state index is 10.3. The molecule has 0 saturated carbocycles. The van der Waals surface area contributed by atoms with E-state index in [9.17, 15) is 4.79 Å². The molecule has 1 N–H and O–H groups in total. The summed E-state index contributed by atoms with van der Waals surface area (Å²) in [6.07, 6.45) is 1.68. The van der Waals surface area contributed by atoms with Crippen LogP contribution in [0.4, 0.5) is 5.82 Å². The monoisotopic (exact) mass is 181 g/mol. The van der Waals surface area contributed by atoms with Crippen molar-refractivity contribution in [2.24, 2.45) is 0 Å². The number of anilines is 1. The van der Waals surface area contributed by atoms with Gasteiger partial charge >= 0.3 is 5.97 Å². The van der Waals surface area contributed by atoms with Gasteiger partial charge in [0.15, 0.2) is 5.82 Å². The van der Waals surface area contributed by atoms with Gasteiger partial charge in [0.05, 0.1) is 6.42 Å². The summed E-state index contributed by atoms with van der Waals surface area (Å²) in [6, 6.07) is 3.55. The molecule has 1 aromatic rings. The first-order chi connectivity index (χ1) is 6.20. The third kappa shape index (κ3) is 3.06. The van der Waals surface area contributed by atoms with Crippen molar-refractivity contribution in [3.8, 4) is 0 Å². The highest BCUT2D eigenvalue weighted by atomic mass is 16.4. The summed E-state index contributed by atoms with van der Waals surface area (Å²) < 4.78 is 0. The standard InChI is InChI=1S/C8H11N3O2/c1-11(6-4-8(12)13)7-3-2-5-9-10-7/h2-3,5H,4,6H2,1H3,(H,12,13). The van der Waals surface area contributed by atoms with Crippen LogP contribution in [0.1, 0.15) is 6.42 Å². The number of carbonyl (C=O) groups is 1. The topological polar surface area (TPSA) is 66.3 Å². The molecule has 0 radical (unpaired) electrons. The second-order valence-corrected chi connectivity index (χ2v) is 2.65. The number of carboxylic acids is 1. The molecular formula is C8H11N3O2. The van der Waals surface area contributed by atoms with Crippen molar-refractivity contribution in [2.45, 2.75) is 6.42 Å². The average Bonchev–Trinajstić information content (AvgIpc) is 2.15. The molecule has 0 fully saturated rings. The van der Waals surface area contributed by atoms with E-state index in [1.807, 2.05) is 0 Å². The molecule has 0 bridgehead atoms. The van der Waals surface area contributed by atoms with E-state index in [1.165, 1.54) is 0 Å². The van der Waals surface area contributed by atoms with Crippen LogP contribution >= 0.6 is 0 Å². The molecule has 1 rings (SSSR count). The minimum absolute atomic E-state index is 0.104. The van der Waals surface area contributed by atoms with Crippen LogP contribution in [0.3, 0.4) is 0 Å². The fraction of sp³-hybridized carbons (Fsp3) is 0.375. The lowest BCUT2D eigenvalue weighted by molar-refractivity contribution is -0.136. The van der Waals surface area contributed by atoms with Gasteiger partial charge in [-0.15, -0.1) is 5.10 Å². The van der Waals surface area contributed by atoms with Crippen LogP contribution in [0, 0.1) is 0 Å². The van der Waals surface area contributed by atoms with E-state index >= 15 is 0 Å². The highest BCUT2D eigenvalue weighted by Crippen LogP contribution is 2.04. The van der Waals surface area contributed by atoms with E-state index in [0.717, 1.165) is 0 Å². The Morgan fingerprint density at radius 2 is 2.46 bits per heavy atom. The first kappa shape index (κ1) is 9.44. The van der Waals surface area contributed by atoms with Crippen LogP contribution in [0.5, 0.6) is 0 Å². The number of carboxylic acid groups (broad SMARTS) is 1. The Kier molecular flexibility index (Phi) is 3.19. The Morgan fingerprint density at radius 3 is 3.00 bits per heavy atom. The second kappa shape index (κ2) is 4.39. The summed E-state index contributed by atoms with van der Waals surface area (Å²) in [4.78, 5) is 12.0. The smallest absolute Gasteiger partial charge is 0.305 e. The fourth-order valence-corrected chi connectivity index (χ4v) is 0.875. The molecule has 0 aromatic carbocycles. The second-order valence-electron chi connectivity index (χ2n) is 2.65. The van der Waals surface area contributed by atoms with E-state index in [4.69, 9.17) is 5.11 Å². The molecule has 0 atom stereocenters. The van der Waals surface area contributed by atoms with Gasteiger partial charge in [-0.05, 0) is 12.1 Å². The van der Waals surface area contributed by atoms with Crippen LogP contribution < -0.4 is 4.90 Å². The highest BCUT2D eigenvalue weighted by molar-refractivity contribution is 5.67. The minimum Gasteiger partial charge on any atom is -0.481 e. The zero-order valence-electron chi connectivity index (χ0n) is 7.34. The Balaban J connectivity index is 2.49. The third-order valence-electron chi connectivity index (χ3n) is 1.61. The maximum atomic E-state index is 10.3. The van der Waals surface area contributed by atoms with Crippen LogP contribution in [0.15, 0.2) is 18.3 Å². The van der Waals surface area contributed by atoms with Gasteiger partial charge in [-0.3, -0.25) is 4.79 Å². The molecular weight excluding hydrogens is 170 g/mol. The van der Waals surface area contributed by atoms with Crippen molar-refractivity contribution in [3.63, 3.8) is 0 Å². The quantitative estimate of drug-likeness (QED) is 0.727. The van der Waals surface area contributed by atoms with Gasteiger partial charge in [0.2, 0.25) is 0 Å². The molecule has 0 aliphatic carbocycles. The zero-order chi connectivity index (χ0) is 9.68. The van der Waals surface area contributed by atoms with Gasteiger partial charge < -0.3 is 10.0 Å². The zero-order valence-corrected chi connectivity index (χ0v) is 7.34. The largest absolute Gasteiger partial charge is 0.481 e. The van der Waals surface area contributed by atoms with Crippen LogP contribution in [-0.2, 0) is 4.79 Å². The first-order valence-electron chi connectivity index (χ1n) is 3.91.